The zero-order chi connectivity index (χ0) is 16.7. The standard InChI is InChI=1S/C19H19ClN2O2.3ClH/c1-21-7-9-22(10-8-21)12-13-3-2-4-16-18(23)15-6-5-14(20)11-17(15)24-19(13)16;;;/h2-6,11H,7-10,12H2,1H3;3*1H. The van der Waals surface area contributed by atoms with Gasteiger partial charge in [0.05, 0.1) is 10.8 Å². The molecule has 0 aliphatic carbocycles. The molecule has 2 heterocycles. The molecule has 27 heavy (non-hydrogen) atoms. The average Bonchev–Trinajstić information content (AvgIpc) is 2.57. The third kappa shape index (κ3) is 4.89. The molecule has 4 rings (SSSR count). The Hall–Kier alpha value is -1.01. The molecule has 1 fully saturated rings. The van der Waals surface area contributed by atoms with Gasteiger partial charge < -0.3 is 9.32 Å². The number of hydrogen-bond donors (Lipinski definition) is 0. The highest BCUT2D eigenvalue weighted by atomic mass is 35.5. The highest BCUT2D eigenvalue weighted by Crippen LogP contribution is 2.25. The fraction of sp³-hybridized carbons (Fsp3) is 0.316. The monoisotopic (exact) mass is 450 g/mol. The first-order valence-corrected chi connectivity index (χ1v) is 8.54. The van der Waals surface area contributed by atoms with Crippen LogP contribution in [0.4, 0.5) is 0 Å². The summed E-state index contributed by atoms with van der Waals surface area (Å²) in [7, 11) is 2.14. The zero-order valence-electron chi connectivity index (χ0n) is 14.8. The van der Waals surface area contributed by atoms with Crippen LogP contribution < -0.4 is 5.43 Å². The molecule has 0 atom stereocenters. The van der Waals surface area contributed by atoms with Crippen molar-refractivity contribution in [2.75, 3.05) is 33.2 Å². The van der Waals surface area contributed by atoms with Crippen LogP contribution in [-0.2, 0) is 6.54 Å². The number of rotatable bonds is 2. The van der Waals surface area contributed by atoms with Crippen molar-refractivity contribution in [3.05, 3.63) is 57.2 Å². The Balaban J connectivity index is 0.00000121. The quantitative estimate of drug-likeness (QED) is 0.533. The molecule has 0 spiro atoms. The maximum absolute atomic E-state index is 12.8. The number of fused-ring (bicyclic) bond motifs is 2. The summed E-state index contributed by atoms with van der Waals surface area (Å²) in [5.41, 5.74) is 2.28. The Morgan fingerprint density at radius 2 is 1.70 bits per heavy atom. The Kier molecular flexibility index (Phi) is 8.87. The van der Waals surface area contributed by atoms with Gasteiger partial charge in [-0.1, -0.05) is 23.7 Å². The first-order valence-electron chi connectivity index (χ1n) is 8.17. The summed E-state index contributed by atoms with van der Waals surface area (Å²) < 4.78 is 6.08. The van der Waals surface area contributed by atoms with Gasteiger partial charge in [0.25, 0.3) is 0 Å². The van der Waals surface area contributed by atoms with Gasteiger partial charge >= 0.3 is 0 Å². The predicted octanol–water partition coefficient (Wildman–Crippen LogP) is 4.61. The molecule has 0 saturated carbocycles. The SMILES string of the molecule is CN1CCN(Cc2cccc3c(=O)c4ccc(Cl)cc4oc23)CC1.Cl.Cl.Cl. The lowest BCUT2D eigenvalue weighted by Gasteiger charge is -2.32. The lowest BCUT2D eigenvalue weighted by molar-refractivity contribution is 0.148. The summed E-state index contributed by atoms with van der Waals surface area (Å²) in [6.07, 6.45) is 0. The summed E-state index contributed by atoms with van der Waals surface area (Å²) in [4.78, 5) is 17.5. The normalized spacial score (nSPS) is 15.0. The average molecular weight is 452 g/mol. The van der Waals surface area contributed by atoms with Crippen molar-refractivity contribution in [2.24, 2.45) is 0 Å². The van der Waals surface area contributed by atoms with Crippen molar-refractivity contribution in [2.45, 2.75) is 6.54 Å². The van der Waals surface area contributed by atoms with Gasteiger partial charge in [-0.2, -0.15) is 0 Å². The molecule has 0 amide bonds. The van der Waals surface area contributed by atoms with Gasteiger partial charge in [-0.3, -0.25) is 9.69 Å². The number of likely N-dealkylation sites (N-methyl/N-ethyl adjacent to an activating group) is 1. The molecule has 8 heteroatoms. The third-order valence-electron chi connectivity index (χ3n) is 4.73. The second-order valence-electron chi connectivity index (χ2n) is 6.44. The van der Waals surface area contributed by atoms with E-state index in [1.807, 2.05) is 18.2 Å². The van der Waals surface area contributed by atoms with Gasteiger partial charge in [0, 0.05) is 49.4 Å². The Morgan fingerprint density at radius 1 is 1.00 bits per heavy atom. The fourth-order valence-electron chi connectivity index (χ4n) is 3.28. The maximum atomic E-state index is 12.8. The second-order valence-corrected chi connectivity index (χ2v) is 6.88. The van der Waals surface area contributed by atoms with E-state index in [1.54, 1.807) is 18.2 Å². The van der Waals surface area contributed by atoms with Gasteiger partial charge in [-0.25, -0.2) is 0 Å². The van der Waals surface area contributed by atoms with Gasteiger partial charge in [-0.05, 0) is 25.2 Å². The van der Waals surface area contributed by atoms with E-state index in [2.05, 4.69) is 16.8 Å². The summed E-state index contributed by atoms with van der Waals surface area (Å²) >= 11 is 6.06. The molecule has 1 aromatic heterocycles. The van der Waals surface area contributed by atoms with Crippen LogP contribution in [0.15, 0.2) is 45.6 Å². The van der Waals surface area contributed by atoms with Gasteiger partial charge in [0.15, 0.2) is 0 Å². The Morgan fingerprint density at radius 3 is 2.41 bits per heavy atom. The van der Waals surface area contributed by atoms with Crippen molar-refractivity contribution >= 4 is 70.8 Å². The first-order chi connectivity index (χ1) is 11.6. The van der Waals surface area contributed by atoms with Gasteiger partial charge in [-0.15, -0.1) is 37.2 Å². The second kappa shape index (κ2) is 9.97. The topological polar surface area (TPSA) is 36.7 Å². The van der Waals surface area contributed by atoms with Crippen LogP contribution in [0.3, 0.4) is 0 Å². The molecule has 4 nitrogen and oxygen atoms in total. The molecule has 0 radical (unpaired) electrons. The molecular weight excluding hydrogens is 430 g/mol. The molecule has 0 unspecified atom stereocenters. The lowest BCUT2D eigenvalue weighted by Crippen LogP contribution is -2.43. The molecule has 148 valence electrons. The van der Waals surface area contributed by atoms with E-state index in [4.69, 9.17) is 16.0 Å². The smallest absolute Gasteiger partial charge is 0.200 e. The number of nitrogens with zero attached hydrogens (tertiary/aromatic N) is 2. The van der Waals surface area contributed by atoms with Crippen LogP contribution in [0.25, 0.3) is 21.9 Å². The third-order valence-corrected chi connectivity index (χ3v) is 4.97. The molecular formula is C19H22Cl4N2O2. The highest BCUT2D eigenvalue weighted by molar-refractivity contribution is 6.31. The molecule has 1 aliphatic rings. The van der Waals surface area contributed by atoms with Crippen LogP contribution in [0.1, 0.15) is 5.56 Å². The highest BCUT2D eigenvalue weighted by Gasteiger charge is 2.17. The zero-order valence-corrected chi connectivity index (χ0v) is 18.0. The van der Waals surface area contributed by atoms with Crippen LogP contribution in [-0.4, -0.2) is 43.0 Å². The van der Waals surface area contributed by atoms with E-state index in [0.717, 1.165) is 38.3 Å². The van der Waals surface area contributed by atoms with E-state index >= 15 is 0 Å². The number of halogens is 4. The fourth-order valence-corrected chi connectivity index (χ4v) is 3.44. The molecule has 3 aromatic rings. The van der Waals surface area contributed by atoms with Crippen molar-refractivity contribution in [3.8, 4) is 0 Å². The van der Waals surface area contributed by atoms with E-state index < -0.39 is 0 Å². The van der Waals surface area contributed by atoms with Crippen LogP contribution in [0.2, 0.25) is 5.02 Å². The molecule has 0 N–H and O–H groups in total. The maximum Gasteiger partial charge on any atom is 0.200 e. The summed E-state index contributed by atoms with van der Waals surface area (Å²) in [5, 5.41) is 1.78. The number of para-hydroxylation sites is 1. The summed E-state index contributed by atoms with van der Waals surface area (Å²) in [6.45, 7) is 4.97. The summed E-state index contributed by atoms with van der Waals surface area (Å²) in [6, 6.07) is 11.0. The minimum Gasteiger partial charge on any atom is -0.455 e. The minimum atomic E-state index is 0. The number of hydrogen-bond acceptors (Lipinski definition) is 4. The largest absolute Gasteiger partial charge is 0.455 e. The van der Waals surface area contributed by atoms with E-state index in [9.17, 15) is 4.79 Å². The van der Waals surface area contributed by atoms with Crippen molar-refractivity contribution in [1.29, 1.82) is 0 Å². The van der Waals surface area contributed by atoms with Crippen molar-refractivity contribution in [3.63, 3.8) is 0 Å². The molecule has 0 bridgehead atoms. The number of piperazine rings is 1. The van der Waals surface area contributed by atoms with E-state index in [0.29, 0.717) is 27.0 Å². The molecule has 2 aromatic carbocycles. The van der Waals surface area contributed by atoms with Crippen molar-refractivity contribution in [1.82, 2.24) is 9.80 Å². The Labute approximate surface area is 181 Å². The van der Waals surface area contributed by atoms with Crippen LogP contribution in [0.5, 0.6) is 0 Å². The van der Waals surface area contributed by atoms with Crippen LogP contribution in [0, 0.1) is 0 Å². The Bertz CT molecular complexity index is 969. The number of benzene rings is 2. The molecule has 1 saturated heterocycles. The van der Waals surface area contributed by atoms with Crippen molar-refractivity contribution < 1.29 is 4.42 Å². The predicted molar refractivity (Wildman–Crippen MR) is 120 cm³/mol. The van der Waals surface area contributed by atoms with Crippen LogP contribution >= 0.6 is 48.8 Å². The summed E-state index contributed by atoms with van der Waals surface area (Å²) in [5.74, 6) is 0. The molecule has 1 aliphatic heterocycles. The van der Waals surface area contributed by atoms with Gasteiger partial charge in [0.2, 0.25) is 5.43 Å². The lowest BCUT2D eigenvalue weighted by atomic mass is 10.1. The minimum absolute atomic E-state index is 0. The first kappa shape index (κ1) is 24.0. The van der Waals surface area contributed by atoms with E-state index in [-0.39, 0.29) is 42.6 Å². The van der Waals surface area contributed by atoms with E-state index in [1.165, 1.54) is 0 Å². The van der Waals surface area contributed by atoms with Gasteiger partial charge in [0.1, 0.15) is 11.2 Å².